The number of anilines is 1. The standard InChI is InChI=1S/C29H34ClN3O2S/c1-19-6-4-9-24(14-19)33-13-12-32(18-20(33)2)28(34)22-10-11-26-25(17-22)31(3)29(35)27(36-26)16-21-7-5-8-23(30)15-21/h4-9,14-16,20,22,25-26H,10-13,17-18H2,1-3H3/b27-16-. The summed E-state index contributed by atoms with van der Waals surface area (Å²) in [5, 5.41) is 0.983. The molecule has 5 nitrogen and oxygen atoms in total. The summed E-state index contributed by atoms with van der Waals surface area (Å²) in [4.78, 5) is 33.9. The summed E-state index contributed by atoms with van der Waals surface area (Å²) in [5.74, 6) is 0.281. The molecule has 0 spiro atoms. The number of fused-ring (bicyclic) bond motifs is 1. The Kier molecular flexibility index (Phi) is 7.36. The molecule has 3 fully saturated rings. The van der Waals surface area contributed by atoms with Gasteiger partial charge in [0.15, 0.2) is 0 Å². The van der Waals surface area contributed by atoms with Gasteiger partial charge in [-0.2, -0.15) is 0 Å². The zero-order valence-corrected chi connectivity index (χ0v) is 22.8. The molecule has 4 unspecified atom stereocenters. The first kappa shape index (κ1) is 25.2. The Morgan fingerprint density at radius 1 is 1.11 bits per heavy atom. The molecule has 4 atom stereocenters. The van der Waals surface area contributed by atoms with Gasteiger partial charge in [-0.05, 0) is 74.6 Å². The average molecular weight is 524 g/mol. The summed E-state index contributed by atoms with van der Waals surface area (Å²) >= 11 is 7.80. The molecule has 190 valence electrons. The number of likely N-dealkylation sites (N-methyl/N-ethyl adjacent to an activating group) is 1. The number of aryl methyl sites for hydroxylation is 1. The first-order valence-electron chi connectivity index (χ1n) is 12.8. The van der Waals surface area contributed by atoms with Crippen molar-refractivity contribution in [2.24, 2.45) is 5.92 Å². The van der Waals surface area contributed by atoms with E-state index in [0.717, 1.165) is 49.4 Å². The third-order valence-corrected chi connectivity index (χ3v) is 9.46. The van der Waals surface area contributed by atoms with Crippen LogP contribution >= 0.6 is 23.4 Å². The SMILES string of the molecule is Cc1cccc(N2CCN(C(=O)C3CCC4S/C(=C\c5cccc(Cl)c5)C(=O)N(C)C4C3)CC2C)c1. The number of nitrogens with zero attached hydrogens (tertiary/aromatic N) is 3. The van der Waals surface area contributed by atoms with Crippen LogP contribution < -0.4 is 4.90 Å². The largest absolute Gasteiger partial charge is 0.365 e. The van der Waals surface area contributed by atoms with Crippen molar-refractivity contribution in [3.05, 3.63) is 69.6 Å². The van der Waals surface area contributed by atoms with Crippen molar-refractivity contribution in [1.29, 1.82) is 0 Å². The Hall–Kier alpha value is -2.44. The fourth-order valence-electron chi connectivity index (χ4n) is 5.88. The van der Waals surface area contributed by atoms with Crippen molar-refractivity contribution in [2.75, 3.05) is 31.6 Å². The minimum Gasteiger partial charge on any atom is -0.365 e. The molecule has 2 heterocycles. The maximum absolute atomic E-state index is 13.6. The van der Waals surface area contributed by atoms with E-state index < -0.39 is 0 Å². The van der Waals surface area contributed by atoms with E-state index in [4.69, 9.17) is 11.6 Å². The Balaban J connectivity index is 1.23. The Morgan fingerprint density at radius 2 is 1.92 bits per heavy atom. The molecule has 2 aliphatic heterocycles. The summed E-state index contributed by atoms with van der Waals surface area (Å²) in [5.41, 5.74) is 3.42. The topological polar surface area (TPSA) is 43.9 Å². The zero-order chi connectivity index (χ0) is 25.4. The van der Waals surface area contributed by atoms with Gasteiger partial charge >= 0.3 is 0 Å². The maximum Gasteiger partial charge on any atom is 0.260 e. The van der Waals surface area contributed by atoms with Crippen LogP contribution in [0.2, 0.25) is 5.02 Å². The number of benzene rings is 2. The van der Waals surface area contributed by atoms with Crippen molar-refractivity contribution >= 4 is 46.9 Å². The van der Waals surface area contributed by atoms with Gasteiger partial charge < -0.3 is 14.7 Å². The zero-order valence-electron chi connectivity index (χ0n) is 21.2. The molecule has 3 aliphatic rings. The Labute approximate surface area is 223 Å². The monoisotopic (exact) mass is 523 g/mol. The van der Waals surface area contributed by atoms with E-state index in [1.807, 2.05) is 42.3 Å². The number of hydrogen-bond acceptors (Lipinski definition) is 4. The van der Waals surface area contributed by atoms with Crippen molar-refractivity contribution in [3.63, 3.8) is 0 Å². The number of thioether (sulfide) groups is 1. The second-order valence-corrected chi connectivity index (χ2v) is 12.1. The Morgan fingerprint density at radius 3 is 2.67 bits per heavy atom. The molecule has 1 aliphatic carbocycles. The van der Waals surface area contributed by atoms with Crippen LogP contribution in [-0.2, 0) is 9.59 Å². The van der Waals surface area contributed by atoms with Gasteiger partial charge in [-0.1, -0.05) is 35.9 Å². The van der Waals surface area contributed by atoms with E-state index in [1.165, 1.54) is 11.3 Å². The van der Waals surface area contributed by atoms with Crippen LogP contribution in [0.4, 0.5) is 5.69 Å². The minimum atomic E-state index is -0.0155. The van der Waals surface area contributed by atoms with Crippen LogP contribution in [-0.4, -0.2) is 65.6 Å². The number of hydrogen-bond donors (Lipinski definition) is 0. The van der Waals surface area contributed by atoms with Gasteiger partial charge in [0.2, 0.25) is 5.91 Å². The highest BCUT2D eigenvalue weighted by Crippen LogP contribution is 2.43. The van der Waals surface area contributed by atoms with Crippen LogP contribution in [0.1, 0.15) is 37.3 Å². The van der Waals surface area contributed by atoms with E-state index in [9.17, 15) is 9.59 Å². The normalized spacial score (nSPS) is 27.8. The molecule has 36 heavy (non-hydrogen) atoms. The van der Waals surface area contributed by atoms with Gasteiger partial charge in [0, 0.05) is 60.6 Å². The summed E-state index contributed by atoms with van der Waals surface area (Å²) in [6, 6.07) is 16.5. The minimum absolute atomic E-state index is 0.0155. The molecule has 2 saturated heterocycles. The lowest BCUT2D eigenvalue weighted by Gasteiger charge is -2.46. The molecule has 0 aromatic heterocycles. The predicted molar refractivity (Wildman–Crippen MR) is 149 cm³/mol. The van der Waals surface area contributed by atoms with Crippen LogP contribution in [0, 0.1) is 12.8 Å². The third kappa shape index (κ3) is 5.16. The summed E-state index contributed by atoms with van der Waals surface area (Å²) in [7, 11) is 1.89. The summed E-state index contributed by atoms with van der Waals surface area (Å²) in [6.07, 6.45) is 4.51. The molecule has 2 aromatic carbocycles. The highest BCUT2D eigenvalue weighted by Gasteiger charge is 2.44. The Bertz CT molecular complexity index is 1180. The maximum atomic E-state index is 13.6. The molecule has 5 rings (SSSR count). The second kappa shape index (κ2) is 10.5. The molecule has 0 bridgehead atoms. The molecule has 0 radical (unpaired) electrons. The summed E-state index contributed by atoms with van der Waals surface area (Å²) < 4.78 is 0. The number of rotatable bonds is 3. The number of amides is 2. The van der Waals surface area contributed by atoms with Crippen molar-refractivity contribution < 1.29 is 9.59 Å². The van der Waals surface area contributed by atoms with Crippen LogP contribution in [0.5, 0.6) is 0 Å². The molecule has 1 saturated carbocycles. The lowest BCUT2D eigenvalue weighted by molar-refractivity contribution is -0.139. The number of carbonyl (C=O) groups is 2. The van der Waals surface area contributed by atoms with E-state index in [1.54, 1.807) is 11.8 Å². The highest BCUT2D eigenvalue weighted by molar-refractivity contribution is 8.04. The first-order valence-corrected chi connectivity index (χ1v) is 14.1. The molecule has 0 N–H and O–H groups in total. The van der Waals surface area contributed by atoms with E-state index in [2.05, 4.69) is 47.9 Å². The lowest BCUT2D eigenvalue weighted by Crippen LogP contribution is -2.57. The van der Waals surface area contributed by atoms with Gasteiger partial charge in [0.25, 0.3) is 5.91 Å². The molecular formula is C29H34ClN3O2S. The van der Waals surface area contributed by atoms with Crippen LogP contribution in [0.25, 0.3) is 6.08 Å². The van der Waals surface area contributed by atoms with Crippen molar-refractivity contribution in [3.8, 4) is 0 Å². The van der Waals surface area contributed by atoms with Gasteiger partial charge in [-0.3, -0.25) is 9.59 Å². The fraction of sp³-hybridized carbons (Fsp3) is 0.448. The van der Waals surface area contributed by atoms with E-state index in [-0.39, 0.29) is 29.8 Å². The first-order chi connectivity index (χ1) is 17.3. The van der Waals surface area contributed by atoms with Crippen LogP contribution in [0.15, 0.2) is 53.4 Å². The average Bonchev–Trinajstić information content (AvgIpc) is 2.86. The molecular weight excluding hydrogens is 490 g/mol. The summed E-state index contributed by atoms with van der Waals surface area (Å²) in [6.45, 7) is 6.66. The molecule has 2 amide bonds. The van der Waals surface area contributed by atoms with Gasteiger partial charge in [0.05, 0.1) is 4.91 Å². The second-order valence-electron chi connectivity index (χ2n) is 10.4. The smallest absolute Gasteiger partial charge is 0.260 e. The quantitative estimate of drug-likeness (QED) is 0.500. The number of carbonyl (C=O) groups excluding carboxylic acids is 2. The van der Waals surface area contributed by atoms with Gasteiger partial charge in [0.1, 0.15) is 0 Å². The van der Waals surface area contributed by atoms with Crippen molar-refractivity contribution in [1.82, 2.24) is 9.80 Å². The van der Waals surface area contributed by atoms with Gasteiger partial charge in [-0.25, -0.2) is 0 Å². The number of piperazine rings is 1. The fourth-order valence-corrected chi connectivity index (χ4v) is 7.55. The molecule has 7 heteroatoms. The predicted octanol–water partition coefficient (Wildman–Crippen LogP) is 5.47. The van der Waals surface area contributed by atoms with Crippen LogP contribution in [0.3, 0.4) is 0 Å². The molecule has 2 aromatic rings. The highest BCUT2D eigenvalue weighted by atomic mass is 35.5. The number of halogens is 1. The lowest BCUT2D eigenvalue weighted by atomic mass is 9.83. The van der Waals surface area contributed by atoms with E-state index in [0.29, 0.717) is 10.3 Å². The van der Waals surface area contributed by atoms with Gasteiger partial charge in [-0.15, -0.1) is 11.8 Å². The third-order valence-electron chi connectivity index (χ3n) is 7.83. The van der Waals surface area contributed by atoms with Crippen molar-refractivity contribution in [2.45, 2.75) is 50.4 Å². The van der Waals surface area contributed by atoms with E-state index >= 15 is 0 Å².